The topological polar surface area (TPSA) is 89.8 Å². The lowest BCUT2D eigenvalue weighted by molar-refractivity contribution is -0.137. The summed E-state index contributed by atoms with van der Waals surface area (Å²) in [7, 11) is 0. The van der Waals surface area contributed by atoms with Gasteiger partial charge in [0, 0.05) is 0 Å². The maximum atomic E-state index is 12.6. The normalized spacial score (nSPS) is 14.5. The van der Waals surface area contributed by atoms with E-state index in [1.807, 2.05) is 0 Å². The molecule has 0 amide bonds. The lowest BCUT2D eigenvalue weighted by Crippen LogP contribution is -2.23. The molecule has 0 spiro atoms. The number of aromatic nitrogens is 4. The van der Waals surface area contributed by atoms with E-state index >= 15 is 0 Å². The molecule has 138 valence electrons. The molecule has 9 heteroatoms. The van der Waals surface area contributed by atoms with Crippen LogP contribution in [0.4, 0.5) is 19.0 Å². The van der Waals surface area contributed by atoms with Gasteiger partial charge in [0.25, 0.3) is 0 Å². The Morgan fingerprint density at radius 2 is 1.88 bits per heavy atom. The van der Waals surface area contributed by atoms with Gasteiger partial charge in [-0.25, -0.2) is 14.6 Å². The second-order valence-corrected chi connectivity index (χ2v) is 6.13. The van der Waals surface area contributed by atoms with Gasteiger partial charge in [-0.1, -0.05) is 12.1 Å². The Kier molecular flexibility index (Phi) is 4.82. The van der Waals surface area contributed by atoms with Crippen LogP contribution in [-0.4, -0.2) is 31.0 Å². The Bertz CT molecular complexity index is 890. The molecular weight excluding hydrogens is 347 g/mol. The summed E-state index contributed by atoms with van der Waals surface area (Å²) < 4.78 is 39.5. The number of halogens is 3. The number of hydrogen-bond donors (Lipinski definition) is 2. The summed E-state index contributed by atoms with van der Waals surface area (Å²) in [6.45, 7) is 1.63. The Morgan fingerprint density at radius 1 is 1.19 bits per heavy atom. The molecule has 0 bridgehead atoms. The van der Waals surface area contributed by atoms with E-state index in [0.717, 1.165) is 17.7 Å². The van der Waals surface area contributed by atoms with Crippen molar-refractivity contribution in [2.24, 2.45) is 0 Å². The highest BCUT2D eigenvalue weighted by Crippen LogP contribution is 2.30. The zero-order valence-corrected chi connectivity index (χ0v) is 14.0. The fourth-order valence-electron chi connectivity index (χ4n) is 2.87. The smallest absolute Gasteiger partial charge is 0.391 e. The van der Waals surface area contributed by atoms with Crippen molar-refractivity contribution in [2.75, 3.05) is 5.73 Å². The van der Waals surface area contributed by atoms with Crippen LogP contribution in [0.1, 0.15) is 30.5 Å². The first-order valence-corrected chi connectivity index (χ1v) is 8.05. The monoisotopic (exact) mass is 365 g/mol. The van der Waals surface area contributed by atoms with Crippen LogP contribution in [0.2, 0.25) is 0 Å². The number of rotatable bonds is 5. The minimum absolute atomic E-state index is 0.299. The lowest BCUT2D eigenvalue weighted by Gasteiger charge is -2.21. The lowest BCUT2D eigenvalue weighted by atomic mass is 10.0. The number of nitrogens with zero attached hydrogens (tertiary/aromatic N) is 4. The van der Waals surface area contributed by atoms with E-state index < -0.39 is 23.9 Å². The molecule has 3 N–H and O–H groups in total. The molecule has 2 atom stereocenters. The number of aryl methyl sites for hydroxylation is 1. The molecule has 0 aliphatic heterocycles. The zero-order valence-electron chi connectivity index (χ0n) is 14.0. The van der Waals surface area contributed by atoms with Crippen LogP contribution in [-0.2, 0) is 12.6 Å². The summed E-state index contributed by atoms with van der Waals surface area (Å²) >= 11 is 0. The summed E-state index contributed by atoms with van der Waals surface area (Å²) in [5.41, 5.74) is 6.37. The fraction of sp³-hybridized carbons (Fsp3) is 0.353. The molecule has 0 aliphatic rings. The molecule has 0 radical (unpaired) electrons. The predicted octanol–water partition coefficient (Wildman–Crippen LogP) is 2.98. The largest absolute Gasteiger partial charge is 0.416 e. The van der Waals surface area contributed by atoms with Gasteiger partial charge in [0.2, 0.25) is 0 Å². The summed E-state index contributed by atoms with van der Waals surface area (Å²) in [5.74, 6) is 0.299. The van der Waals surface area contributed by atoms with Crippen molar-refractivity contribution in [3.05, 3.63) is 47.9 Å². The summed E-state index contributed by atoms with van der Waals surface area (Å²) in [4.78, 5) is 8.08. The second kappa shape index (κ2) is 6.91. The standard InChI is InChI=1S/C17H18F3N5O/c1-10(26)14(25-16-13(8-24-25)15(21)22-9-23-16)7-4-11-2-5-12(6-3-11)17(18,19)20/h2-3,5-6,8-10,14,26H,4,7H2,1H3,(H2,21,22,23)/t10-,14+/m0/s1. The van der Waals surface area contributed by atoms with Crippen LogP contribution in [0.15, 0.2) is 36.8 Å². The second-order valence-electron chi connectivity index (χ2n) is 6.13. The Balaban J connectivity index is 1.80. The molecule has 2 aromatic heterocycles. The number of fused-ring (bicyclic) bond motifs is 1. The molecule has 0 saturated heterocycles. The molecular formula is C17H18F3N5O. The minimum Gasteiger partial charge on any atom is -0.391 e. The van der Waals surface area contributed by atoms with Crippen molar-refractivity contribution in [3.63, 3.8) is 0 Å². The van der Waals surface area contributed by atoms with Gasteiger partial charge < -0.3 is 10.8 Å². The van der Waals surface area contributed by atoms with Gasteiger partial charge in [0.15, 0.2) is 5.65 Å². The van der Waals surface area contributed by atoms with E-state index in [4.69, 9.17) is 5.73 Å². The molecule has 3 rings (SSSR count). The number of hydrogen-bond acceptors (Lipinski definition) is 5. The maximum Gasteiger partial charge on any atom is 0.416 e. The van der Waals surface area contributed by atoms with Crippen molar-refractivity contribution in [3.8, 4) is 0 Å². The number of alkyl halides is 3. The number of aliphatic hydroxyl groups is 1. The van der Waals surface area contributed by atoms with Gasteiger partial charge in [-0.15, -0.1) is 0 Å². The van der Waals surface area contributed by atoms with Crippen molar-refractivity contribution < 1.29 is 18.3 Å². The molecule has 26 heavy (non-hydrogen) atoms. The van der Waals surface area contributed by atoms with E-state index in [-0.39, 0.29) is 0 Å². The van der Waals surface area contributed by atoms with E-state index in [0.29, 0.717) is 29.7 Å². The number of anilines is 1. The molecule has 1 aromatic carbocycles. The van der Waals surface area contributed by atoms with Crippen LogP contribution in [0.3, 0.4) is 0 Å². The summed E-state index contributed by atoms with van der Waals surface area (Å²) in [6, 6.07) is 4.62. The predicted molar refractivity (Wildman–Crippen MR) is 90.2 cm³/mol. The average molecular weight is 365 g/mol. The molecule has 0 unspecified atom stereocenters. The molecule has 0 saturated carbocycles. The maximum absolute atomic E-state index is 12.6. The van der Waals surface area contributed by atoms with Crippen molar-refractivity contribution in [2.45, 2.75) is 38.1 Å². The first-order chi connectivity index (χ1) is 12.3. The third kappa shape index (κ3) is 3.62. The highest BCUT2D eigenvalue weighted by molar-refractivity contribution is 5.84. The Labute approximate surface area is 147 Å². The van der Waals surface area contributed by atoms with Gasteiger partial charge in [0.05, 0.1) is 29.3 Å². The minimum atomic E-state index is -4.35. The van der Waals surface area contributed by atoms with E-state index in [9.17, 15) is 18.3 Å². The number of aliphatic hydroxyl groups excluding tert-OH is 1. The molecule has 2 heterocycles. The first-order valence-electron chi connectivity index (χ1n) is 8.05. The fourth-order valence-corrected chi connectivity index (χ4v) is 2.87. The van der Waals surface area contributed by atoms with Crippen LogP contribution in [0.25, 0.3) is 11.0 Å². The highest BCUT2D eigenvalue weighted by Gasteiger charge is 2.30. The van der Waals surface area contributed by atoms with E-state index in [2.05, 4.69) is 15.1 Å². The first kappa shape index (κ1) is 18.1. The summed E-state index contributed by atoms with van der Waals surface area (Å²) in [5, 5.41) is 15.0. The van der Waals surface area contributed by atoms with Gasteiger partial charge in [-0.2, -0.15) is 18.3 Å². The van der Waals surface area contributed by atoms with Gasteiger partial charge in [-0.05, 0) is 37.5 Å². The summed E-state index contributed by atoms with van der Waals surface area (Å²) in [6.07, 6.45) is -1.26. The van der Waals surface area contributed by atoms with Crippen LogP contribution >= 0.6 is 0 Å². The van der Waals surface area contributed by atoms with Gasteiger partial charge >= 0.3 is 6.18 Å². The molecule has 3 aromatic rings. The Hall–Kier alpha value is -2.68. The van der Waals surface area contributed by atoms with Crippen molar-refractivity contribution in [1.82, 2.24) is 19.7 Å². The van der Waals surface area contributed by atoms with Crippen molar-refractivity contribution in [1.29, 1.82) is 0 Å². The molecule has 0 fully saturated rings. The van der Waals surface area contributed by atoms with Crippen LogP contribution in [0, 0.1) is 0 Å². The molecule has 6 nitrogen and oxygen atoms in total. The number of nitrogen functional groups attached to an aromatic ring is 1. The quantitative estimate of drug-likeness (QED) is 0.725. The average Bonchev–Trinajstić information content (AvgIpc) is 3.00. The Morgan fingerprint density at radius 3 is 2.50 bits per heavy atom. The van der Waals surface area contributed by atoms with Crippen molar-refractivity contribution >= 4 is 16.9 Å². The zero-order chi connectivity index (χ0) is 18.9. The molecule has 0 aliphatic carbocycles. The van der Waals surface area contributed by atoms with Crippen LogP contribution in [0.5, 0.6) is 0 Å². The number of nitrogens with two attached hydrogens (primary N) is 1. The third-order valence-corrected chi connectivity index (χ3v) is 4.30. The van der Waals surface area contributed by atoms with Gasteiger partial charge in [0.1, 0.15) is 12.1 Å². The van der Waals surface area contributed by atoms with E-state index in [1.165, 1.54) is 24.7 Å². The highest BCUT2D eigenvalue weighted by atomic mass is 19.4. The van der Waals surface area contributed by atoms with Gasteiger partial charge in [-0.3, -0.25) is 0 Å². The third-order valence-electron chi connectivity index (χ3n) is 4.30. The number of benzene rings is 1. The SMILES string of the molecule is C[C@H](O)[C@@H](CCc1ccc(C(F)(F)F)cc1)n1ncc2c(N)ncnc21. The van der Waals surface area contributed by atoms with E-state index in [1.54, 1.807) is 11.6 Å². The van der Waals surface area contributed by atoms with Crippen LogP contribution < -0.4 is 5.73 Å².